The van der Waals surface area contributed by atoms with Crippen LogP contribution in [0.1, 0.15) is 52.7 Å². The molecule has 122 valence electrons. The highest BCUT2D eigenvalue weighted by Gasteiger charge is 2.33. The van der Waals surface area contributed by atoms with Gasteiger partial charge in [-0.1, -0.05) is 50.3 Å². The third kappa shape index (κ3) is 3.14. The molecule has 0 fully saturated rings. The van der Waals surface area contributed by atoms with Gasteiger partial charge in [-0.15, -0.1) is 10.2 Å². The molecule has 1 amide bonds. The van der Waals surface area contributed by atoms with E-state index in [1.165, 1.54) is 0 Å². The van der Waals surface area contributed by atoms with Gasteiger partial charge in [0, 0.05) is 31.1 Å². The van der Waals surface area contributed by atoms with Gasteiger partial charge in [-0.2, -0.15) is 0 Å². The highest BCUT2D eigenvalue weighted by atomic mass is 32.1. The predicted octanol–water partition coefficient (Wildman–Crippen LogP) is 2.75. The molecule has 1 aromatic heterocycles. The second-order valence-corrected chi connectivity index (χ2v) is 7.96. The first kappa shape index (κ1) is 16.1. The lowest BCUT2D eigenvalue weighted by Gasteiger charge is -2.20. The van der Waals surface area contributed by atoms with Crippen LogP contribution in [0.5, 0.6) is 0 Å². The maximum atomic E-state index is 12.2. The van der Waals surface area contributed by atoms with Crippen molar-refractivity contribution in [2.45, 2.75) is 38.8 Å². The number of hydrogen-bond donors (Lipinski definition) is 1. The Balaban J connectivity index is 1.63. The van der Waals surface area contributed by atoms with Crippen LogP contribution in [0.15, 0.2) is 24.3 Å². The van der Waals surface area contributed by atoms with Crippen molar-refractivity contribution in [1.82, 2.24) is 20.4 Å². The number of nitrogens with one attached hydrogen (secondary N) is 1. The normalized spacial score (nSPS) is 17.7. The average Bonchev–Trinajstić information content (AvgIpc) is 3.07. The summed E-state index contributed by atoms with van der Waals surface area (Å²) in [5.41, 5.74) is 1.94. The van der Waals surface area contributed by atoms with Crippen LogP contribution in [0.2, 0.25) is 0 Å². The van der Waals surface area contributed by atoms with Crippen LogP contribution >= 0.6 is 11.3 Å². The number of carbonyl (C=O) groups excluding carboxylic acids is 1. The summed E-state index contributed by atoms with van der Waals surface area (Å²) < 4.78 is 0. The Morgan fingerprint density at radius 2 is 2.00 bits per heavy atom. The lowest BCUT2D eigenvalue weighted by atomic mass is 9.98. The first-order chi connectivity index (χ1) is 10.9. The molecule has 2 aromatic rings. The molecule has 0 radical (unpaired) electrons. The molecule has 1 aliphatic heterocycles. The minimum Gasteiger partial charge on any atom is -0.333 e. The van der Waals surface area contributed by atoms with Crippen molar-refractivity contribution < 1.29 is 4.79 Å². The standard InChI is InChI=1S/C17H22N4OS/c1-17(2,3)16-20-19-14(23-16)10-18-9-13-11-7-5-6-8-12(11)15(22)21(13)4/h5-8,13,18H,9-10H2,1-4H3. The fourth-order valence-electron chi connectivity index (χ4n) is 2.71. The zero-order chi connectivity index (χ0) is 16.6. The number of nitrogens with zero attached hydrogens (tertiary/aromatic N) is 3. The number of amides is 1. The minimum absolute atomic E-state index is 0.0347. The van der Waals surface area contributed by atoms with Gasteiger partial charge < -0.3 is 10.2 Å². The maximum Gasteiger partial charge on any atom is 0.254 e. The molecule has 1 N–H and O–H groups in total. The van der Waals surface area contributed by atoms with Crippen LogP contribution in [-0.4, -0.2) is 34.6 Å². The van der Waals surface area contributed by atoms with Gasteiger partial charge in [-0.05, 0) is 11.6 Å². The second kappa shape index (κ2) is 6.02. The SMILES string of the molecule is CN1C(=O)c2ccccc2C1CNCc1nnc(C(C)(C)C)s1. The summed E-state index contributed by atoms with van der Waals surface area (Å²) in [5.74, 6) is 0.0957. The van der Waals surface area contributed by atoms with Crippen molar-refractivity contribution in [2.24, 2.45) is 0 Å². The molecule has 23 heavy (non-hydrogen) atoms. The van der Waals surface area contributed by atoms with E-state index in [0.29, 0.717) is 13.1 Å². The lowest BCUT2D eigenvalue weighted by molar-refractivity contribution is 0.0773. The third-order valence-corrected chi connectivity index (χ3v) is 5.41. The van der Waals surface area contributed by atoms with E-state index in [-0.39, 0.29) is 17.4 Å². The van der Waals surface area contributed by atoms with Crippen LogP contribution in [-0.2, 0) is 12.0 Å². The van der Waals surface area contributed by atoms with Gasteiger partial charge in [0.15, 0.2) is 0 Å². The van der Waals surface area contributed by atoms with E-state index in [1.54, 1.807) is 16.2 Å². The number of fused-ring (bicyclic) bond motifs is 1. The molecule has 2 heterocycles. The molecule has 1 atom stereocenters. The number of aromatic nitrogens is 2. The van der Waals surface area contributed by atoms with Gasteiger partial charge in [0.2, 0.25) is 0 Å². The van der Waals surface area contributed by atoms with Gasteiger partial charge in [-0.3, -0.25) is 4.79 Å². The zero-order valence-electron chi connectivity index (χ0n) is 14.0. The molecule has 3 rings (SSSR count). The molecule has 0 aliphatic carbocycles. The molecule has 0 saturated heterocycles. The fraction of sp³-hybridized carbons (Fsp3) is 0.471. The van der Waals surface area contributed by atoms with Crippen molar-refractivity contribution in [3.05, 3.63) is 45.4 Å². The average molecular weight is 330 g/mol. The molecular formula is C17H22N4OS. The Morgan fingerprint density at radius 3 is 2.70 bits per heavy atom. The maximum absolute atomic E-state index is 12.2. The minimum atomic E-state index is 0.0347. The van der Waals surface area contributed by atoms with Crippen LogP contribution in [0.4, 0.5) is 0 Å². The van der Waals surface area contributed by atoms with E-state index in [2.05, 4.69) is 36.3 Å². The van der Waals surface area contributed by atoms with E-state index in [1.807, 2.05) is 31.3 Å². The quantitative estimate of drug-likeness (QED) is 0.936. The van der Waals surface area contributed by atoms with Crippen molar-refractivity contribution in [3.8, 4) is 0 Å². The molecule has 1 aromatic carbocycles. The summed E-state index contributed by atoms with van der Waals surface area (Å²) in [7, 11) is 1.86. The summed E-state index contributed by atoms with van der Waals surface area (Å²) in [5, 5.41) is 14.0. The summed E-state index contributed by atoms with van der Waals surface area (Å²) in [6, 6.07) is 7.91. The van der Waals surface area contributed by atoms with Gasteiger partial charge in [-0.25, -0.2) is 0 Å². The Labute approximate surface area is 140 Å². The highest BCUT2D eigenvalue weighted by molar-refractivity contribution is 7.11. The highest BCUT2D eigenvalue weighted by Crippen LogP contribution is 2.31. The number of benzene rings is 1. The van der Waals surface area contributed by atoms with Gasteiger partial charge in [0.05, 0.1) is 6.04 Å². The number of rotatable bonds is 4. The second-order valence-electron chi connectivity index (χ2n) is 6.90. The van der Waals surface area contributed by atoms with Crippen molar-refractivity contribution >= 4 is 17.2 Å². The largest absolute Gasteiger partial charge is 0.333 e. The van der Waals surface area contributed by atoms with Crippen molar-refractivity contribution in [2.75, 3.05) is 13.6 Å². The molecule has 1 unspecified atom stereocenters. The number of carbonyl (C=O) groups is 1. The molecule has 0 saturated carbocycles. The monoisotopic (exact) mass is 330 g/mol. The van der Waals surface area contributed by atoms with Gasteiger partial charge >= 0.3 is 0 Å². The Kier molecular flexibility index (Phi) is 4.21. The predicted molar refractivity (Wildman–Crippen MR) is 91.6 cm³/mol. The van der Waals surface area contributed by atoms with E-state index >= 15 is 0 Å². The Morgan fingerprint density at radius 1 is 1.26 bits per heavy atom. The van der Waals surface area contributed by atoms with Crippen molar-refractivity contribution in [3.63, 3.8) is 0 Å². The van der Waals surface area contributed by atoms with E-state index in [9.17, 15) is 4.79 Å². The molecule has 6 heteroatoms. The smallest absolute Gasteiger partial charge is 0.254 e. The first-order valence-electron chi connectivity index (χ1n) is 7.77. The van der Waals surface area contributed by atoms with Crippen LogP contribution in [0, 0.1) is 0 Å². The van der Waals surface area contributed by atoms with Crippen LogP contribution in [0.25, 0.3) is 0 Å². The van der Waals surface area contributed by atoms with E-state index < -0.39 is 0 Å². The Hall–Kier alpha value is -1.79. The van der Waals surface area contributed by atoms with E-state index in [0.717, 1.165) is 21.1 Å². The molecular weight excluding hydrogens is 308 g/mol. The Bertz CT molecular complexity index is 719. The molecule has 0 spiro atoms. The summed E-state index contributed by atoms with van der Waals surface area (Å²) in [4.78, 5) is 14.0. The number of likely N-dealkylation sites (N-methyl/N-ethyl adjacent to an activating group) is 1. The zero-order valence-corrected chi connectivity index (χ0v) is 14.8. The summed E-state index contributed by atoms with van der Waals surface area (Å²) in [6.45, 7) is 7.81. The summed E-state index contributed by atoms with van der Waals surface area (Å²) in [6.07, 6.45) is 0. The third-order valence-electron chi connectivity index (χ3n) is 4.06. The topological polar surface area (TPSA) is 58.1 Å². The fourth-order valence-corrected chi connectivity index (χ4v) is 3.58. The lowest BCUT2D eigenvalue weighted by Crippen LogP contribution is -2.31. The number of hydrogen-bond acceptors (Lipinski definition) is 5. The van der Waals surface area contributed by atoms with Gasteiger partial charge in [0.25, 0.3) is 5.91 Å². The van der Waals surface area contributed by atoms with Crippen molar-refractivity contribution in [1.29, 1.82) is 0 Å². The molecule has 1 aliphatic rings. The summed E-state index contributed by atoms with van der Waals surface area (Å²) >= 11 is 1.64. The van der Waals surface area contributed by atoms with E-state index in [4.69, 9.17) is 0 Å². The van der Waals surface area contributed by atoms with Gasteiger partial charge in [0.1, 0.15) is 10.0 Å². The molecule has 0 bridgehead atoms. The van der Waals surface area contributed by atoms with Crippen LogP contribution in [0.3, 0.4) is 0 Å². The first-order valence-corrected chi connectivity index (χ1v) is 8.59. The van der Waals surface area contributed by atoms with Crippen LogP contribution < -0.4 is 5.32 Å². The molecule has 5 nitrogen and oxygen atoms in total.